The molecule has 0 saturated carbocycles. The predicted molar refractivity (Wildman–Crippen MR) is 99.8 cm³/mol. The number of phenolic OH excluding ortho intramolecular Hbond substituents is 2. The molecule has 0 amide bonds. The Bertz CT molecular complexity index is 989. The van der Waals surface area contributed by atoms with Crippen molar-refractivity contribution in [2.24, 2.45) is 0 Å². The molecule has 0 unspecified atom stereocenters. The zero-order valence-corrected chi connectivity index (χ0v) is 15.9. The van der Waals surface area contributed by atoms with E-state index in [1.54, 1.807) is 20.8 Å². The van der Waals surface area contributed by atoms with E-state index in [-0.39, 0.29) is 33.6 Å². The highest BCUT2D eigenvalue weighted by atomic mass is 35.5. The van der Waals surface area contributed by atoms with Gasteiger partial charge in [-0.3, -0.25) is 0 Å². The fourth-order valence-electron chi connectivity index (χ4n) is 3.13. The molecule has 1 heterocycles. The number of benzene rings is 2. The molecule has 0 aromatic heterocycles. The Morgan fingerprint density at radius 2 is 1.73 bits per heavy atom. The molecule has 5 nitrogen and oxygen atoms in total. The van der Waals surface area contributed by atoms with Crippen molar-refractivity contribution < 1.29 is 24.5 Å². The smallest absolute Gasteiger partial charge is 0.347 e. The van der Waals surface area contributed by atoms with Gasteiger partial charge in [0.05, 0.1) is 5.02 Å². The van der Waals surface area contributed by atoms with E-state index in [9.17, 15) is 15.0 Å². The number of esters is 1. The summed E-state index contributed by atoms with van der Waals surface area (Å²) < 4.78 is 11.6. The zero-order chi connectivity index (χ0) is 19.3. The zero-order valence-electron chi connectivity index (χ0n) is 15.2. The third-order valence-electron chi connectivity index (χ3n) is 4.74. The van der Waals surface area contributed by atoms with Crippen molar-refractivity contribution in [1.29, 1.82) is 0 Å². The second-order valence-corrected chi connectivity index (χ2v) is 6.68. The number of ether oxygens (including phenoxy) is 2. The molecule has 136 valence electrons. The highest BCUT2D eigenvalue weighted by molar-refractivity contribution is 6.33. The molecule has 0 spiro atoms. The first kappa shape index (κ1) is 18.1. The second kappa shape index (κ2) is 6.25. The molecule has 2 aromatic carbocycles. The summed E-state index contributed by atoms with van der Waals surface area (Å²) in [6.07, 6.45) is 1.87. The molecule has 0 aliphatic carbocycles. The molecule has 2 N–H and O–H groups in total. The second-order valence-electron chi connectivity index (χ2n) is 6.30. The monoisotopic (exact) mass is 374 g/mol. The fourth-order valence-corrected chi connectivity index (χ4v) is 3.28. The van der Waals surface area contributed by atoms with Gasteiger partial charge in [-0.1, -0.05) is 17.7 Å². The van der Waals surface area contributed by atoms with Crippen molar-refractivity contribution in [3.63, 3.8) is 0 Å². The van der Waals surface area contributed by atoms with E-state index < -0.39 is 5.97 Å². The van der Waals surface area contributed by atoms with Gasteiger partial charge in [0.25, 0.3) is 0 Å². The maximum Gasteiger partial charge on any atom is 0.347 e. The lowest BCUT2D eigenvalue weighted by Crippen LogP contribution is -2.10. The Labute approximate surface area is 156 Å². The predicted octanol–water partition coefficient (Wildman–Crippen LogP) is 5.42. The van der Waals surface area contributed by atoms with Crippen molar-refractivity contribution in [3.8, 4) is 28.7 Å². The van der Waals surface area contributed by atoms with Gasteiger partial charge in [0, 0.05) is 22.8 Å². The number of carbonyl (C=O) groups excluding carboxylic acids is 1. The number of allylic oxidation sites excluding steroid dienone is 2. The minimum atomic E-state index is -0.659. The average molecular weight is 375 g/mol. The summed E-state index contributed by atoms with van der Waals surface area (Å²) in [5.41, 5.74) is 3.01. The SMILES string of the molecule is C/C=C(\C)c1c(C)c(O)c(C)c2c1Oc1cc(O)c(Cl)c(C)c1C(=O)O2. The molecule has 1 aliphatic rings. The van der Waals surface area contributed by atoms with E-state index in [4.69, 9.17) is 21.1 Å². The van der Waals surface area contributed by atoms with E-state index in [1.165, 1.54) is 6.07 Å². The van der Waals surface area contributed by atoms with Gasteiger partial charge in [-0.25, -0.2) is 4.79 Å². The van der Waals surface area contributed by atoms with Crippen LogP contribution in [0.5, 0.6) is 28.7 Å². The summed E-state index contributed by atoms with van der Waals surface area (Å²) in [5.74, 6) is -0.172. The van der Waals surface area contributed by atoms with Crippen molar-refractivity contribution in [2.75, 3.05) is 0 Å². The van der Waals surface area contributed by atoms with Crippen molar-refractivity contribution in [1.82, 2.24) is 0 Å². The minimum absolute atomic E-state index is 0.0416. The Hall–Kier alpha value is -2.66. The molecule has 0 atom stereocenters. The lowest BCUT2D eigenvalue weighted by atomic mass is 9.96. The van der Waals surface area contributed by atoms with Crippen LogP contribution in [-0.2, 0) is 0 Å². The summed E-state index contributed by atoms with van der Waals surface area (Å²) in [6.45, 7) is 8.77. The molecule has 2 aromatic rings. The number of halogens is 1. The summed E-state index contributed by atoms with van der Waals surface area (Å²) in [4.78, 5) is 12.7. The van der Waals surface area contributed by atoms with Crippen LogP contribution in [-0.4, -0.2) is 16.2 Å². The fraction of sp³-hybridized carbons (Fsp3) is 0.250. The first-order chi connectivity index (χ1) is 12.2. The van der Waals surface area contributed by atoms with Gasteiger partial charge in [0.15, 0.2) is 11.5 Å². The van der Waals surface area contributed by atoms with Crippen molar-refractivity contribution in [2.45, 2.75) is 34.6 Å². The van der Waals surface area contributed by atoms with Crippen LogP contribution >= 0.6 is 11.6 Å². The van der Waals surface area contributed by atoms with Gasteiger partial charge >= 0.3 is 5.97 Å². The van der Waals surface area contributed by atoms with E-state index in [0.717, 1.165) is 5.57 Å². The third-order valence-corrected chi connectivity index (χ3v) is 5.22. The van der Waals surface area contributed by atoms with Crippen LogP contribution in [0.3, 0.4) is 0 Å². The maximum atomic E-state index is 12.7. The number of hydrogen-bond donors (Lipinski definition) is 2. The van der Waals surface area contributed by atoms with Gasteiger partial charge in [-0.2, -0.15) is 0 Å². The summed E-state index contributed by atoms with van der Waals surface area (Å²) in [6, 6.07) is 1.30. The topological polar surface area (TPSA) is 76.0 Å². The summed E-state index contributed by atoms with van der Waals surface area (Å²) in [5, 5.41) is 20.6. The Morgan fingerprint density at radius 3 is 2.35 bits per heavy atom. The number of rotatable bonds is 1. The number of aromatic hydroxyl groups is 2. The quantitative estimate of drug-likeness (QED) is 0.514. The van der Waals surface area contributed by atoms with E-state index in [0.29, 0.717) is 28.0 Å². The highest BCUT2D eigenvalue weighted by Crippen LogP contribution is 2.51. The van der Waals surface area contributed by atoms with Gasteiger partial charge in [0.1, 0.15) is 22.8 Å². The maximum absolute atomic E-state index is 12.7. The molecule has 0 bridgehead atoms. The molecule has 0 saturated heterocycles. The third kappa shape index (κ3) is 2.51. The van der Waals surface area contributed by atoms with Crippen LogP contribution in [0.1, 0.15) is 46.5 Å². The van der Waals surface area contributed by atoms with Gasteiger partial charge in [0.2, 0.25) is 0 Å². The lowest BCUT2D eigenvalue weighted by Gasteiger charge is -2.19. The summed E-state index contributed by atoms with van der Waals surface area (Å²) in [7, 11) is 0. The van der Waals surface area contributed by atoms with Gasteiger partial charge < -0.3 is 19.7 Å². The first-order valence-electron chi connectivity index (χ1n) is 8.10. The highest BCUT2D eigenvalue weighted by Gasteiger charge is 2.32. The molecule has 0 radical (unpaired) electrons. The Morgan fingerprint density at radius 1 is 1.08 bits per heavy atom. The van der Waals surface area contributed by atoms with Crippen LogP contribution < -0.4 is 9.47 Å². The molecular weight excluding hydrogens is 356 g/mol. The molecule has 3 rings (SSSR count). The van der Waals surface area contributed by atoms with E-state index in [1.807, 2.05) is 19.9 Å². The summed E-state index contributed by atoms with van der Waals surface area (Å²) >= 11 is 6.07. The van der Waals surface area contributed by atoms with Crippen LogP contribution in [0.15, 0.2) is 12.1 Å². The minimum Gasteiger partial charge on any atom is -0.507 e. The number of fused-ring (bicyclic) bond motifs is 2. The number of carbonyl (C=O) groups is 1. The van der Waals surface area contributed by atoms with E-state index in [2.05, 4.69) is 0 Å². The van der Waals surface area contributed by atoms with Crippen LogP contribution in [0.2, 0.25) is 5.02 Å². The lowest BCUT2D eigenvalue weighted by molar-refractivity contribution is 0.0735. The van der Waals surface area contributed by atoms with Crippen LogP contribution in [0.4, 0.5) is 0 Å². The number of phenols is 2. The molecule has 0 fully saturated rings. The Balaban J connectivity index is 2.40. The van der Waals surface area contributed by atoms with Crippen LogP contribution in [0, 0.1) is 20.8 Å². The van der Waals surface area contributed by atoms with Crippen molar-refractivity contribution in [3.05, 3.63) is 45.0 Å². The van der Waals surface area contributed by atoms with Gasteiger partial charge in [-0.05, 0) is 45.8 Å². The van der Waals surface area contributed by atoms with Crippen LogP contribution in [0.25, 0.3) is 5.57 Å². The number of hydrogen-bond acceptors (Lipinski definition) is 5. The Kier molecular flexibility index (Phi) is 4.36. The first-order valence-corrected chi connectivity index (χ1v) is 8.48. The standard InChI is InChI=1S/C20H19ClO5/c1-6-8(2)14-10(4)17(23)11(5)18-19(14)25-13-7-12(22)16(21)9(3)15(13)20(24)26-18/h6-7,22-23H,1-5H3/b8-6+. The van der Waals surface area contributed by atoms with Crippen molar-refractivity contribution >= 4 is 23.1 Å². The molecule has 1 aliphatic heterocycles. The average Bonchev–Trinajstić information content (AvgIpc) is 2.74. The molecule has 6 heteroatoms. The molecule has 26 heavy (non-hydrogen) atoms. The largest absolute Gasteiger partial charge is 0.507 e. The van der Waals surface area contributed by atoms with Gasteiger partial charge in [-0.15, -0.1) is 0 Å². The normalized spacial score (nSPS) is 13.5. The molecular formula is C20H19ClO5. The van der Waals surface area contributed by atoms with E-state index >= 15 is 0 Å².